The Kier molecular flexibility index (Phi) is 4.99. The topological polar surface area (TPSA) is 90.3 Å². The molecule has 3 N–H and O–H groups in total. The summed E-state index contributed by atoms with van der Waals surface area (Å²) >= 11 is 0. The minimum absolute atomic E-state index is 0.0433. The van der Waals surface area contributed by atoms with Gasteiger partial charge in [0.05, 0.1) is 35.0 Å². The lowest BCUT2D eigenvalue weighted by Gasteiger charge is -2.31. The molecule has 0 radical (unpaired) electrons. The number of likely N-dealkylation sites (tertiary alicyclic amines) is 1. The summed E-state index contributed by atoms with van der Waals surface area (Å²) in [6.45, 7) is 4.00. The van der Waals surface area contributed by atoms with Gasteiger partial charge >= 0.3 is 0 Å². The van der Waals surface area contributed by atoms with E-state index in [0.29, 0.717) is 18.0 Å². The van der Waals surface area contributed by atoms with Crippen LogP contribution in [-0.2, 0) is 13.1 Å². The second-order valence-electron chi connectivity index (χ2n) is 10.6. The van der Waals surface area contributed by atoms with Crippen LogP contribution in [0.25, 0.3) is 33.5 Å². The maximum atomic E-state index is 13.4. The van der Waals surface area contributed by atoms with Crippen molar-refractivity contribution >= 4 is 33.5 Å². The Morgan fingerprint density at radius 1 is 1.17 bits per heavy atom. The molecule has 7 rings (SSSR count). The van der Waals surface area contributed by atoms with Crippen molar-refractivity contribution in [2.24, 2.45) is 11.7 Å². The number of nitrogens with one attached hydrogen (secondary N) is 1. The van der Waals surface area contributed by atoms with E-state index in [1.165, 1.54) is 23.7 Å². The number of hydrogen-bond acceptors (Lipinski definition) is 5. The molecule has 1 amide bonds. The number of rotatable bonds is 5. The lowest BCUT2D eigenvalue weighted by molar-refractivity contribution is 0.0709. The van der Waals surface area contributed by atoms with Crippen LogP contribution in [0.5, 0.6) is 5.75 Å². The van der Waals surface area contributed by atoms with Gasteiger partial charge in [-0.05, 0) is 61.9 Å². The van der Waals surface area contributed by atoms with Crippen molar-refractivity contribution in [3.8, 4) is 17.3 Å². The van der Waals surface area contributed by atoms with Crippen LogP contribution in [0, 0.1) is 5.92 Å². The van der Waals surface area contributed by atoms with E-state index >= 15 is 0 Å². The minimum Gasteiger partial charge on any atom is -0.497 e. The van der Waals surface area contributed by atoms with Crippen molar-refractivity contribution in [2.45, 2.75) is 44.8 Å². The number of piperidine rings is 1. The summed E-state index contributed by atoms with van der Waals surface area (Å²) in [4.78, 5) is 20.4. The second kappa shape index (κ2) is 8.27. The predicted molar refractivity (Wildman–Crippen MR) is 142 cm³/mol. The Bertz CT molecular complexity index is 1500. The monoisotopic (exact) mass is 484 g/mol. The third-order valence-corrected chi connectivity index (χ3v) is 7.96. The Balaban J connectivity index is 1.37. The van der Waals surface area contributed by atoms with E-state index in [4.69, 9.17) is 15.5 Å². The van der Waals surface area contributed by atoms with Gasteiger partial charge in [-0.15, -0.1) is 0 Å². The summed E-state index contributed by atoms with van der Waals surface area (Å²) in [7, 11) is 1.71. The molecule has 2 aromatic carbocycles. The Morgan fingerprint density at radius 3 is 2.86 bits per heavy atom. The second-order valence-corrected chi connectivity index (χ2v) is 10.6. The number of benzene rings is 2. The number of carbonyl (C=O) groups excluding carboxylic acids is 1. The fourth-order valence-electron chi connectivity index (χ4n) is 5.92. The van der Waals surface area contributed by atoms with Crippen LogP contribution in [0.1, 0.15) is 36.0 Å². The van der Waals surface area contributed by atoms with Crippen LogP contribution < -0.4 is 15.8 Å². The molecule has 1 atom stereocenters. The number of anilines is 1. The normalized spacial score (nSPS) is 19.6. The molecule has 36 heavy (non-hydrogen) atoms. The van der Waals surface area contributed by atoms with Crippen molar-refractivity contribution < 1.29 is 9.53 Å². The highest BCUT2D eigenvalue weighted by Crippen LogP contribution is 2.39. The third-order valence-electron chi connectivity index (χ3n) is 7.96. The molecule has 0 unspecified atom stereocenters. The van der Waals surface area contributed by atoms with Gasteiger partial charge < -0.3 is 29.8 Å². The maximum absolute atomic E-state index is 13.4. The molecule has 8 heteroatoms. The van der Waals surface area contributed by atoms with E-state index < -0.39 is 0 Å². The molecular formula is C28H32N6O2. The fourth-order valence-corrected chi connectivity index (χ4v) is 5.92. The summed E-state index contributed by atoms with van der Waals surface area (Å²) in [5.74, 6) is 2.59. The molecular weight excluding hydrogens is 452 g/mol. The lowest BCUT2D eigenvalue weighted by atomic mass is 10.0. The van der Waals surface area contributed by atoms with Gasteiger partial charge in [-0.2, -0.15) is 0 Å². The molecule has 2 fully saturated rings. The van der Waals surface area contributed by atoms with Crippen LogP contribution in [0.3, 0.4) is 0 Å². The average molecular weight is 485 g/mol. The minimum atomic E-state index is 0.0433. The van der Waals surface area contributed by atoms with Gasteiger partial charge in [-0.3, -0.25) is 4.79 Å². The number of amides is 1. The maximum Gasteiger partial charge on any atom is 0.254 e. The Labute approximate surface area is 210 Å². The van der Waals surface area contributed by atoms with Gasteiger partial charge in [-0.1, -0.05) is 0 Å². The van der Waals surface area contributed by atoms with E-state index in [1.54, 1.807) is 7.11 Å². The Morgan fingerprint density at radius 2 is 2.06 bits per heavy atom. The number of nitrogens with zero attached hydrogens (tertiary/aromatic N) is 4. The molecule has 186 valence electrons. The van der Waals surface area contributed by atoms with Gasteiger partial charge in [0, 0.05) is 55.8 Å². The highest BCUT2D eigenvalue weighted by Gasteiger charge is 2.29. The van der Waals surface area contributed by atoms with Crippen molar-refractivity contribution in [1.29, 1.82) is 0 Å². The molecule has 1 saturated carbocycles. The summed E-state index contributed by atoms with van der Waals surface area (Å²) in [5.41, 5.74) is 12.1. The van der Waals surface area contributed by atoms with E-state index in [-0.39, 0.29) is 11.9 Å². The largest absolute Gasteiger partial charge is 0.497 e. The van der Waals surface area contributed by atoms with Gasteiger partial charge in [-0.25, -0.2) is 4.98 Å². The van der Waals surface area contributed by atoms with Gasteiger partial charge in [0.25, 0.3) is 5.91 Å². The number of fused-ring (bicyclic) bond motifs is 1. The summed E-state index contributed by atoms with van der Waals surface area (Å²) in [6, 6.07) is 12.6. The SMILES string of the molecule is COc1ccc2cc(-c3nc4cc(C(=O)N5CCC[C@@H](N)C5)cc5c4n3CCN5)n(CC3CC3)c2c1. The van der Waals surface area contributed by atoms with Crippen LogP contribution in [0.2, 0.25) is 0 Å². The lowest BCUT2D eigenvalue weighted by Crippen LogP contribution is -2.45. The van der Waals surface area contributed by atoms with Crippen molar-refractivity contribution in [2.75, 3.05) is 32.1 Å². The first-order chi connectivity index (χ1) is 17.6. The molecule has 0 bridgehead atoms. The highest BCUT2D eigenvalue weighted by molar-refractivity contribution is 6.03. The number of imidazole rings is 1. The number of carbonyl (C=O) groups is 1. The molecule has 3 aliphatic rings. The number of nitrogens with two attached hydrogens (primary N) is 1. The fraction of sp³-hybridized carbons (Fsp3) is 0.429. The Hall–Kier alpha value is -3.52. The summed E-state index contributed by atoms with van der Waals surface area (Å²) in [6.07, 6.45) is 4.48. The van der Waals surface area contributed by atoms with E-state index in [9.17, 15) is 4.79 Å². The summed E-state index contributed by atoms with van der Waals surface area (Å²) < 4.78 is 10.3. The molecule has 8 nitrogen and oxygen atoms in total. The predicted octanol–water partition coefficient (Wildman–Crippen LogP) is 4.07. The van der Waals surface area contributed by atoms with Crippen LogP contribution in [0.4, 0.5) is 5.69 Å². The molecule has 4 heterocycles. The number of ether oxygens (including phenoxy) is 1. The quantitative estimate of drug-likeness (QED) is 0.446. The smallest absolute Gasteiger partial charge is 0.254 e. The van der Waals surface area contributed by atoms with E-state index in [1.807, 2.05) is 23.1 Å². The molecule has 2 aromatic heterocycles. The van der Waals surface area contributed by atoms with E-state index in [0.717, 1.165) is 73.0 Å². The number of hydrogen-bond donors (Lipinski definition) is 2. The molecule has 0 spiro atoms. The van der Waals surface area contributed by atoms with Crippen molar-refractivity contribution in [3.05, 3.63) is 42.0 Å². The average Bonchev–Trinajstić information content (AvgIpc) is 3.55. The molecule has 4 aromatic rings. The first kappa shape index (κ1) is 21.7. The van der Waals surface area contributed by atoms with Crippen LogP contribution in [-0.4, -0.2) is 57.7 Å². The number of aromatic nitrogens is 3. The van der Waals surface area contributed by atoms with Gasteiger partial charge in [0.2, 0.25) is 0 Å². The zero-order valence-corrected chi connectivity index (χ0v) is 20.7. The standard InChI is InChI=1S/C28H32N6O2/c1-36-21-7-6-18-13-25(34(24(18)14-21)15-17-4-5-17)27-31-23-12-19(11-22-26(23)33(27)10-8-30-22)28(35)32-9-2-3-20(29)16-32/h6-7,11-14,17,20,30H,2-5,8-10,15-16,29H2,1H3/t20-/m1/s1. The highest BCUT2D eigenvalue weighted by atomic mass is 16.5. The molecule has 2 aliphatic heterocycles. The van der Waals surface area contributed by atoms with Crippen LogP contribution in [0.15, 0.2) is 36.4 Å². The first-order valence-corrected chi connectivity index (χ1v) is 13.1. The van der Waals surface area contributed by atoms with Gasteiger partial charge in [0.1, 0.15) is 5.75 Å². The summed E-state index contributed by atoms with van der Waals surface area (Å²) in [5, 5.41) is 4.71. The zero-order chi connectivity index (χ0) is 24.4. The molecule has 1 aliphatic carbocycles. The number of methoxy groups -OCH3 is 1. The zero-order valence-electron chi connectivity index (χ0n) is 20.7. The third kappa shape index (κ3) is 3.54. The van der Waals surface area contributed by atoms with Crippen molar-refractivity contribution in [3.63, 3.8) is 0 Å². The van der Waals surface area contributed by atoms with Gasteiger partial charge in [0.15, 0.2) is 5.82 Å². The molecule has 1 saturated heterocycles. The first-order valence-electron chi connectivity index (χ1n) is 13.1. The van der Waals surface area contributed by atoms with E-state index in [2.05, 4.69) is 32.7 Å². The van der Waals surface area contributed by atoms with Crippen molar-refractivity contribution in [1.82, 2.24) is 19.0 Å². The van der Waals surface area contributed by atoms with Crippen LogP contribution >= 0.6 is 0 Å².